The normalized spacial score (nSPS) is 15.0. The molecule has 1 aliphatic rings. The van der Waals surface area contributed by atoms with Gasteiger partial charge >= 0.3 is 6.01 Å². The second kappa shape index (κ2) is 6.13. The van der Waals surface area contributed by atoms with E-state index in [1.165, 1.54) is 6.20 Å². The van der Waals surface area contributed by atoms with E-state index in [-0.39, 0.29) is 17.7 Å². The molecule has 0 amide bonds. The van der Waals surface area contributed by atoms with Crippen molar-refractivity contribution in [1.29, 1.82) is 0 Å². The average Bonchev–Trinajstić information content (AvgIpc) is 3.05. The Kier molecular flexibility index (Phi) is 4.04. The molecule has 1 aromatic heterocycles. The molecule has 22 heavy (non-hydrogen) atoms. The molecule has 0 N–H and O–H groups in total. The van der Waals surface area contributed by atoms with Gasteiger partial charge in [-0.25, -0.2) is 4.98 Å². The maximum atomic E-state index is 12.7. The van der Waals surface area contributed by atoms with Gasteiger partial charge in [0, 0.05) is 17.3 Å². The zero-order chi connectivity index (χ0) is 15.5. The van der Waals surface area contributed by atoms with Crippen LogP contribution in [0.4, 0.5) is 0 Å². The Morgan fingerprint density at radius 1 is 1.23 bits per heavy atom. The molecular formula is C17H18N2O3. The van der Waals surface area contributed by atoms with E-state index in [1.54, 1.807) is 31.2 Å². The number of benzene rings is 1. The summed E-state index contributed by atoms with van der Waals surface area (Å²) in [5, 5.41) is 0. The first-order valence-corrected chi connectivity index (χ1v) is 7.52. The van der Waals surface area contributed by atoms with Gasteiger partial charge < -0.3 is 4.74 Å². The topological polar surface area (TPSA) is 61.2 Å². The van der Waals surface area contributed by atoms with Gasteiger partial charge in [-0.2, -0.15) is 4.57 Å². The average molecular weight is 298 g/mol. The molecule has 0 spiro atoms. The van der Waals surface area contributed by atoms with E-state index in [0.717, 1.165) is 30.3 Å². The summed E-state index contributed by atoms with van der Waals surface area (Å²) in [7, 11) is 0. The highest BCUT2D eigenvalue weighted by Crippen LogP contribution is 2.22. The summed E-state index contributed by atoms with van der Waals surface area (Å²) in [5.74, 6) is -0.408. The molecule has 3 rings (SSSR count). The van der Waals surface area contributed by atoms with Gasteiger partial charge in [0.25, 0.3) is 11.5 Å². The van der Waals surface area contributed by atoms with Crippen LogP contribution in [0.15, 0.2) is 41.3 Å². The van der Waals surface area contributed by atoms with Crippen LogP contribution in [0, 0.1) is 6.92 Å². The number of carbonyl (C=O) groups is 1. The molecule has 1 fully saturated rings. The van der Waals surface area contributed by atoms with Crippen LogP contribution >= 0.6 is 0 Å². The monoisotopic (exact) mass is 298 g/mol. The van der Waals surface area contributed by atoms with Crippen molar-refractivity contribution < 1.29 is 9.53 Å². The Hall–Kier alpha value is -2.43. The molecular weight excluding hydrogens is 280 g/mol. The molecule has 0 radical (unpaired) electrons. The lowest BCUT2D eigenvalue weighted by molar-refractivity contribution is 0.0922. The smallest absolute Gasteiger partial charge is 0.306 e. The standard InChI is InChI=1S/C17H18N2O3/c1-12-11-18-17(22-14-9-5-6-10-14)19(15(12)20)16(21)13-7-3-2-4-8-13/h2-4,7-8,11,14H,5-6,9-10H2,1H3. The highest BCUT2D eigenvalue weighted by Gasteiger charge is 2.23. The minimum Gasteiger partial charge on any atom is -0.461 e. The number of aryl methyl sites for hydroxylation is 1. The van der Waals surface area contributed by atoms with Gasteiger partial charge in [-0.15, -0.1) is 0 Å². The van der Waals surface area contributed by atoms with Gasteiger partial charge in [0.2, 0.25) is 0 Å². The molecule has 0 unspecified atom stereocenters. The summed E-state index contributed by atoms with van der Waals surface area (Å²) < 4.78 is 6.86. The summed E-state index contributed by atoms with van der Waals surface area (Å²) in [6, 6.07) is 8.80. The summed E-state index contributed by atoms with van der Waals surface area (Å²) in [6.07, 6.45) is 5.57. The van der Waals surface area contributed by atoms with Crippen LogP contribution in [-0.4, -0.2) is 21.6 Å². The van der Waals surface area contributed by atoms with E-state index >= 15 is 0 Å². The lowest BCUT2D eigenvalue weighted by Gasteiger charge is -2.16. The number of ether oxygens (including phenoxy) is 1. The van der Waals surface area contributed by atoms with Crippen LogP contribution < -0.4 is 10.3 Å². The van der Waals surface area contributed by atoms with Crippen molar-refractivity contribution in [2.75, 3.05) is 0 Å². The van der Waals surface area contributed by atoms with Crippen LogP contribution in [0.5, 0.6) is 6.01 Å². The Labute approximate surface area is 128 Å². The van der Waals surface area contributed by atoms with Crippen LogP contribution in [0.3, 0.4) is 0 Å². The highest BCUT2D eigenvalue weighted by molar-refractivity contribution is 5.96. The fourth-order valence-electron chi connectivity index (χ4n) is 2.66. The number of aromatic nitrogens is 2. The Bertz CT molecular complexity index is 731. The maximum Gasteiger partial charge on any atom is 0.306 e. The van der Waals surface area contributed by atoms with Crippen LogP contribution in [0.1, 0.15) is 41.6 Å². The first-order chi connectivity index (χ1) is 10.7. The van der Waals surface area contributed by atoms with Gasteiger partial charge in [0.15, 0.2) is 0 Å². The molecule has 0 saturated heterocycles. The molecule has 1 aliphatic carbocycles. The quantitative estimate of drug-likeness (QED) is 0.873. The second-order valence-corrected chi connectivity index (χ2v) is 5.56. The van der Waals surface area contributed by atoms with E-state index < -0.39 is 5.91 Å². The molecule has 0 aliphatic heterocycles. The predicted molar refractivity (Wildman–Crippen MR) is 82.3 cm³/mol. The number of rotatable bonds is 3. The van der Waals surface area contributed by atoms with Gasteiger partial charge in [-0.1, -0.05) is 18.2 Å². The van der Waals surface area contributed by atoms with E-state index in [9.17, 15) is 9.59 Å². The number of hydrogen-bond acceptors (Lipinski definition) is 4. The van der Waals surface area contributed by atoms with Crippen molar-refractivity contribution in [1.82, 2.24) is 9.55 Å². The summed E-state index contributed by atoms with van der Waals surface area (Å²) in [4.78, 5) is 29.2. The molecule has 1 aromatic carbocycles. The molecule has 5 heteroatoms. The molecule has 1 heterocycles. The van der Waals surface area contributed by atoms with Gasteiger partial charge in [0.05, 0.1) is 0 Å². The van der Waals surface area contributed by atoms with Crippen molar-refractivity contribution in [2.45, 2.75) is 38.7 Å². The van der Waals surface area contributed by atoms with Crippen LogP contribution in [-0.2, 0) is 0 Å². The third-order valence-corrected chi connectivity index (χ3v) is 3.90. The predicted octanol–water partition coefficient (Wildman–Crippen LogP) is 2.56. The number of nitrogens with zero attached hydrogens (tertiary/aromatic N) is 2. The minimum atomic E-state index is -0.408. The first-order valence-electron chi connectivity index (χ1n) is 7.52. The minimum absolute atomic E-state index is 0.0319. The van der Waals surface area contributed by atoms with Crippen molar-refractivity contribution in [3.8, 4) is 6.01 Å². The molecule has 114 valence electrons. The molecule has 0 bridgehead atoms. The van der Waals surface area contributed by atoms with Gasteiger partial charge in [0.1, 0.15) is 6.10 Å². The fourth-order valence-corrected chi connectivity index (χ4v) is 2.66. The summed E-state index contributed by atoms with van der Waals surface area (Å²) >= 11 is 0. The fraction of sp³-hybridized carbons (Fsp3) is 0.353. The largest absolute Gasteiger partial charge is 0.461 e. The van der Waals surface area contributed by atoms with Crippen molar-refractivity contribution in [2.24, 2.45) is 0 Å². The third-order valence-electron chi connectivity index (χ3n) is 3.90. The zero-order valence-electron chi connectivity index (χ0n) is 12.5. The molecule has 0 atom stereocenters. The maximum absolute atomic E-state index is 12.7. The van der Waals surface area contributed by atoms with Crippen molar-refractivity contribution in [3.05, 3.63) is 58.0 Å². The van der Waals surface area contributed by atoms with E-state index in [4.69, 9.17) is 4.74 Å². The lowest BCUT2D eigenvalue weighted by atomic mass is 10.2. The van der Waals surface area contributed by atoms with E-state index in [1.807, 2.05) is 6.07 Å². The van der Waals surface area contributed by atoms with Crippen molar-refractivity contribution in [3.63, 3.8) is 0 Å². The Balaban J connectivity index is 2.02. The molecule has 5 nitrogen and oxygen atoms in total. The van der Waals surface area contributed by atoms with E-state index in [2.05, 4.69) is 4.98 Å². The molecule has 1 saturated carbocycles. The Morgan fingerprint density at radius 2 is 1.91 bits per heavy atom. The number of hydrogen-bond donors (Lipinski definition) is 0. The molecule has 2 aromatic rings. The first kappa shape index (κ1) is 14.5. The van der Waals surface area contributed by atoms with Crippen molar-refractivity contribution >= 4 is 5.91 Å². The van der Waals surface area contributed by atoms with Gasteiger partial charge in [-0.3, -0.25) is 9.59 Å². The summed E-state index contributed by atoms with van der Waals surface area (Å²) in [6.45, 7) is 1.64. The lowest BCUT2D eigenvalue weighted by Crippen LogP contribution is -2.32. The van der Waals surface area contributed by atoms with Crippen LogP contribution in [0.25, 0.3) is 0 Å². The zero-order valence-corrected chi connectivity index (χ0v) is 12.5. The van der Waals surface area contributed by atoms with E-state index in [0.29, 0.717) is 11.1 Å². The Morgan fingerprint density at radius 3 is 2.59 bits per heavy atom. The van der Waals surface area contributed by atoms with Gasteiger partial charge in [-0.05, 0) is 44.7 Å². The highest BCUT2D eigenvalue weighted by atomic mass is 16.5. The SMILES string of the molecule is Cc1cnc(OC2CCCC2)n(C(=O)c2ccccc2)c1=O. The third kappa shape index (κ3) is 2.79. The second-order valence-electron chi connectivity index (χ2n) is 5.56. The number of carbonyl (C=O) groups excluding carboxylic acids is 1. The summed E-state index contributed by atoms with van der Waals surface area (Å²) in [5.41, 5.74) is 0.480. The van der Waals surface area contributed by atoms with Crippen LogP contribution in [0.2, 0.25) is 0 Å².